The van der Waals surface area contributed by atoms with Gasteiger partial charge < -0.3 is 15.4 Å². The van der Waals surface area contributed by atoms with E-state index in [4.69, 9.17) is 10.5 Å². The van der Waals surface area contributed by atoms with Crippen LogP contribution >= 0.6 is 0 Å². The number of hydrogen-bond acceptors (Lipinski definition) is 4. The van der Waals surface area contributed by atoms with Crippen molar-refractivity contribution in [1.29, 1.82) is 0 Å². The van der Waals surface area contributed by atoms with Crippen molar-refractivity contribution in [3.8, 4) is 5.75 Å². The summed E-state index contributed by atoms with van der Waals surface area (Å²) in [5.41, 5.74) is 6.97. The Hall–Kier alpha value is -1.59. The Morgan fingerprint density at radius 3 is 2.54 bits per heavy atom. The molecule has 0 radical (unpaired) electrons. The minimum Gasteiger partial charge on any atom is -0.497 e. The number of fused-ring (bicyclic) bond motifs is 2. The molecule has 4 aliphatic heterocycles. The van der Waals surface area contributed by atoms with E-state index in [9.17, 15) is 4.79 Å². The van der Waals surface area contributed by atoms with Crippen LogP contribution in [0.4, 0.5) is 0 Å². The van der Waals surface area contributed by atoms with Gasteiger partial charge in [0.15, 0.2) is 0 Å². The Labute approximate surface area is 143 Å². The van der Waals surface area contributed by atoms with Gasteiger partial charge in [0.05, 0.1) is 13.2 Å². The van der Waals surface area contributed by atoms with Gasteiger partial charge in [-0.3, -0.25) is 9.69 Å². The summed E-state index contributed by atoms with van der Waals surface area (Å²) in [6, 6.07) is 9.24. The molecule has 0 aliphatic carbocycles. The van der Waals surface area contributed by atoms with Gasteiger partial charge in [-0.25, -0.2) is 0 Å². The molecule has 1 amide bonds. The van der Waals surface area contributed by atoms with Crippen molar-refractivity contribution in [3.05, 3.63) is 29.8 Å². The predicted octanol–water partition coefficient (Wildman–Crippen LogP) is 1.43. The molecule has 2 N–H and O–H groups in total. The van der Waals surface area contributed by atoms with Gasteiger partial charge in [0.2, 0.25) is 5.91 Å². The van der Waals surface area contributed by atoms with E-state index in [1.807, 2.05) is 12.1 Å². The smallest absolute Gasteiger partial charge is 0.224 e. The van der Waals surface area contributed by atoms with Gasteiger partial charge in [0.25, 0.3) is 0 Å². The Morgan fingerprint density at radius 1 is 1.21 bits per heavy atom. The molecule has 1 aromatic rings. The summed E-state index contributed by atoms with van der Waals surface area (Å²) in [5.74, 6) is 2.17. The van der Waals surface area contributed by atoms with Crippen LogP contribution < -0.4 is 10.5 Å². The van der Waals surface area contributed by atoms with Gasteiger partial charge >= 0.3 is 0 Å². The number of methoxy groups -OCH3 is 1. The summed E-state index contributed by atoms with van der Waals surface area (Å²) in [6.07, 6.45) is 2.91. The topological polar surface area (TPSA) is 58.8 Å². The fraction of sp³-hybridized carbons (Fsp3) is 0.632. The highest BCUT2D eigenvalue weighted by molar-refractivity contribution is 5.77. The monoisotopic (exact) mass is 329 g/mol. The highest BCUT2D eigenvalue weighted by Crippen LogP contribution is 2.46. The second kappa shape index (κ2) is 6.37. The molecule has 2 bridgehead atoms. The second-order valence-corrected chi connectivity index (χ2v) is 7.32. The van der Waals surface area contributed by atoms with Gasteiger partial charge in [0, 0.05) is 31.5 Å². The van der Waals surface area contributed by atoms with Crippen LogP contribution in [0.3, 0.4) is 0 Å². The lowest BCUT2D eigenvalue weighted by Gasteiger charge is -2.51. The van der Waals surface area contributed by atoms with Crippen LogP contribution in [0.25, 0.3) is 0 Å². The van der Waals surface area contributed by atoms with Crippen molar-refractivity contribution in [2.24, 2.45) is 11.7 Å². The van der Waals surface area contributed by atoms with Crippen molar-refractivity contribution < 1.29 is 9.53 Å². The summed E-state index contributed by atoms with van der Waals surface area (Å²) in [6.45, 7) is 3.62. The van der Waals surface area contributed by atoms with E-state index in [2.05, 4.69) is 21.9 Å². The molecule has 130 valence electrons. The molecule has 4 heterocycles. The Kier molecular flexibility index (Phi) is 4.22. The van der Waals surface area contributed by atoms with Crippen molar-refractivity contribution in [2.45, 2.75) is 37.3 Å². The molecule has 0 spiro atoms. The lowest BCUT2D eigenvalue weighted by Crippen LogP contribution is -2.60. The van der Waals surface area contributed by atoms with Crippen molar-refractivity contribution in [1.82, 2.24) is 9.80 Å². The van der Waals surface area contributed by atoms with Crippen molar-refractivity contribution in [2.75, 3.05) is 33.3 Å². The van der Waals surface area contributed by atoms with Crippen LogP contribution in [-0.4, -0.2) is 61.1 Å². The third-order valence-corrected chi connectivity index (χ3v) is 6.22. The third kappa shape index (κ3) is 2.50. The van der Waals surface area contributed by atoms with Crippen molar-refractivity contribution in [3.63, 3.8) is 0 Å². The molecule has 4 saturated heterocycles. The number of hydrogen-bond donors (Lipinski definition) is 1. The van der Waals surface area contributed by atoms with Crippen LogP contribution in [0.15, 0.2) is 24.3 Å². The van der Waals surface area contributed by atoms with Gasteiger partial charge in [-0.15, -0.1) is 0 Å². The normalized spacial score (nSPS) is 34.2. The van der Waals surface area contributed by atoms with Gasteiger partial charge in [-0.05, 0) is 49.5 Å². The first kappa shape index (κ1) is 15.9. The summed E-state index contributed by atoms with van der Waals surface area (Å²) in [4.78, 5) is 17.4. The van der Waals surface area contributed by atoms with Crippen LogP contribution in [0.5, 0.6) is 5.75 Å². The SMILES string of the molecule is COc1ccc([C@@H]2CN(C(=O)CCN)[C@@H]3C4CCN(CC4)[C@@H]32)cc1. The first-order valence-corrected chi connectivity index (χ1v) is 9.10. The standard InChI is InChI=1S/C19H27N3O2/c1-24-15-4-2-13(3-5-15)16-12-22(17(23)6-9-20)18-14-7-10-21(11-8-14)19(16)18/h2-5,14,16,18-19H,6-12,20H2,1H3/t16-,18+,19+/m0/s1. The van der Waals surface area contributed by atoms with E-state index in [1.165, 1.54) is 31.5 Å². The molecule has 5 rings (SSSR count). The maximum absolute atomic E-state index is 12.7. The molecule has 3 atom stereocenters. The fourth-order valence-electron chi connectivity index (χ4n) is 5.12. The molecule has 4 aliphatic rings. The highest BCUT2D eigenvalue weighted by atomic mass is 16.5. The number of likely N-dealkylation sites (tertiary alicyclic amines) is 1. The average molecular weight is 329 g/mol. The van der Waals surface area contributed by atoms with E-state index in [0.29, 0.717) is 36.9 Å². The molecular formula is C19H27N3O2. The molecule has 24 heavy (non-hydrogen) atoms. The number of carbonyl (C=O) groups excluding carboxylic acids is 1. The van der Waals surface area contributed by atoms with Crippen LogP contribution in [-0.2, 0) is 4.79 Å². The number of carbonyl (C=O) groups is 1. The summed E-state index contributed by atoms with van der Waals surface area (Å²) in [5, 5.41) is 0. The maximum atomic E-state index is 12.7. The summed E-state index contributed by atoms with van der Waals surface area (Å²) >= 11 is 0. The lowest BCUT2D eigenvalue weighted by molar-refractivity contribution is -0.135. The number of nitrogens with two attached hydrogens (primary N) is 1. The number of benzene rings is 1. The molecule has 0 saturated carbocycles. The van der Waals surface area contributed by atoms with Gasteiger partial charge in [-0.2, -0.15) is 0 Å². The highest BCUT2D eigenvalue weighted by Gasteiger charge is 2.54. The number of nitrogens with zero attached hydrogens (tertiary/aromatic N) is 2. The van der Waals surface area contributed by atoms with E-state index < -0.39 is 0 Å². The Morgan fingerprint density at radius 2 is 1.92 bits per heavy atom. The molecule has 0 unspecified atom stereocenters. The van der Waals surface area contributed by atoms with Gasteiger partial charge in [0.1, 0.15) is 5.75 Å². The molecule has 4 fully saturated rings. The van der Waals surface area contributed by atoms with Crippen LogP contribution in [0.1, 0.15) is 30.7 Å². The van der Waals surface area contributed by atoms with Crippen LogP contribution in [0, 0.1) is 5.92 Å². The second-order valence-electron chi connectivity index (χ2n) is 7.32. The first-order valence-electron chi connectivity index (χ1n) is 9.10. The predicted molar refractivity (Wildman–Crippen MR) is 93.0 cm³/mol. The molecule has 0 aromatic heterocycles. The molecule has 5 nitrogen and oxygen atoms in total. The first-order chi connectivity index (χ1) is 11.7. The zero-order valence-electron chi connectivity index (χ0n) is 14.4. The maximum Gasteiger partial charge on any atom is 0.224 e. The Bertz CT molecular complexity index is 595. The molecule has 5 heteroatoms. The molecular weight excluding hydrogens is 302 g/mol. The number of rotatable bonds is 4. The Balaban J connectivity index is 1.65. The average Bonchev–Trinajstić information content (AvgIpc) is 3.06. The number of piperidine rings is 3. The van der Waals surface area contributed by atoms with E-state index >= 15 is 0 Å². The van der Waals surface area contributed by atoms with E-state index in [0.717, 1.165) is 12.3 Å². The quantitative estimate of drug-likeness (QED) is 0.908. The number of ether oxygens (including phenoxy) is 1. The zero-order chi connectivity index (χ0) is 16.7. The summed E-state index contributed by atoms with van der Waals surface area (Å²) in [7, 11) is 1.69. The minimum absolute atomic E-state index is 0.234. The van der Waals surface area contributed by atoms with E-state index in [1.54, 1.807) is 7.11 Å². The van der Waals surface area contributed by atoms with Crippen molar-refractivity contribution >= 4 is 5.91 Å². The van der Waals surface area contributed by atoms with E-state index in [-0.39, 0.29) is 5.91 Å². The third-order valence-electron chi connectivity index (χ3n) is 6.22. The zero-order valence-corrected chi connectivity index (χ0v) is 14.4. The largest absolute Gasteiger partial charge is 0.497 e. The fourth-order valence-corrected chi connectivity index (χ4v) is 5.12. The van der Waals surface area contributed by atoms with Gasteiger partial charge in [-0.1, -0.05) is 12.1 Å². The number of amides is 1. The van der Waals surface area contributed by atoms with Crippen LogP contribution in [0.2, 0.25) is 0 Å². The summed E-state index contributed by atoms with van der Waals surface area (Å²) < 4.78 is 5.29. The molecule has 1 aromatic carbocycles. The minimum atomic E-state index is 0.234. The lowest BCUT2D eigenvalue weighted by atomic mass is 9.75.